The topological polar surface area (TPSA) is 71.1 Å². The SMILES string of the molecule is O=C(NC1CCCC1)c1ccccc1NC(=O)c1cccc2ncccc12. The molecule has 0 unspecified atom stereocenters. The van der Waals surface area contributed by atoms with Gasteiger partial charge in [-0.1, -0.05) is 37.1 Å². The minimum Gasteiger partial charge on any atom is -0.349 e. The number of hydrogen-bond donors (Lipinski definition) is 2. The van der Waals surface area contributed by atoms with Crippen LogP contribution in [-0.2, 0) is 0 Å². The van der Waals surface area contributed by atoms with Crippen LogP contribution in [0.5, 0.6) is 0 Å². The van der Waals surface area contributed by atoms with E-state index in [1.54, 1.807) is 30.5 Å². The number of nitrogens with zero attached hydrogens (tertiary/aromatic N) is 1. The first-order valence-electron chi connectivity index (χ1n) is 9.27. The number of fused-ring (bicyclic) bond motifs is 1. The van der Waals surface area contributed by atoms with Crippen LogP contribution < -0.4 is 10.6 Å². The molecule has 0 atom stereocenters. The second-order valence-electron chi connectivity index (χ2n) is 6.83. The third-order valence-corrected chi connectivity index (χ3v) is 5.00. The summed E-state index contributed by atoms with van der Waals surface area (Å²) in [6.07, 6.45) is 6.04. The number of anilines is 1. The largest absolute Gasteiger partial charge is 0.349 e. The van der Waals surface area contributed by atoms with Crippen LogP contribution in [0.4, 0.5) is 5.69 Å². The molecule has 0 bridgehead atoms. The van der Waals surface area contributed by atoms with Gasteiger partial charge < -0.3 is 10.6 Å². The molecule has 4 rings (SSSR count). The second kappa shape index (κ2) is 7.58. The van der Waals surface area contributed by atoms with Gasteiger partial charge in [-0.05, 0) is 43.2 Å². The predicted molar refractivity (Wildman–Crippen MR) is 106 cm³/mol. The average molecular weight is 359 g/mol. The molecule has 1 heterocycles. The number of para-hydroxylation sites is 1. The van der Waals surface area contributed by atoms with E-state index in [0.29, 0.717) is 16.8 Å². The zero-order valence-corrected chi connectivity index (χ0v) is 14.9. The molecule has 27 heavy (non-hydrogen) atoms. The van der Waals surface area contributed by atoms with Crippen LogP contribution in [-0.4, -0.2) is 22.8 Å². The molecule has 0 saturated heterocycles. The summed E-state index contributed by atoms with van der Waals surface area (Å²) < 4.78 is 0. The molecule has 136 valence electrons. The van der Waals surface area contributed by atoms with Crippen molar-refractivity contribution in [3.05, 3.63) is 71.9 Å². The molecule has 2 N–H and O–H groups in total. The highest BCUT2D eigenvalue weighted by Crippen LogP contribution is 2.22. The van der Waals surface area contributed by atoms with Crippen molar-refractivity contribution < 1.29 is 9.59 Å². The summed E-state index contributed by atoms with van der Waals surface area (Å²) in [6, 6.07) is 16.5. The van der Waals surface area contributed by atoms with E-state index in [1.807, 2.05) is 30.3 Å². The van der Waals surface area contributed by atoms with Crippen LogP contribution >= 0.6 is 0 Å². The normalized spacial score (nSPS) is 14.2. The average Bonchev–Trinajstić information content (AvgIpc) is 3.21. The first-order chi connectivity index (χ1) is 13.2. The number of aromatic nitrogens is 1. The van der Waals surface area contributed by atoms with Gasteiger partial charge in [-0.3, -0.25) is 14.6 Å². The van der Waals surface area contributed by atoms with Crippen molar-refractivity contribution in [2.75, 3.05) is 5.32 Å². The van der Waals surface area contributed by atoms with Gasteiger partial charge in [-0.25, -0.2) is 0 Å². The van der Waals surface area contributed by atoms with Crippen molar-refractivity contribution in [3.8, 4) is 0 Å². The van der Waals surface area contributed by atoms with Crippen LogP contribution in [0.15, 0.2) is 60.8 Å². The molecule has 2 amide bonds. The van der Waals surface area contributed by atoms with Gasteiger partial charge in [-0.15, -0.1) is 0 Å². The van der Waals surface area contributed by atoms with E-state index in [4.69, 9.17) is 0 Å². The molecular formula is C22H21N3O2. The van der Waals surface area contributed by atoms with Crippen LogP contribution in [0.2, 0.25) is 0 Å². The molecule has 0 spiro atoms. The van der Waals surface area contributed by atoms with Gasteiger partial charge >= 0.3 is 0 Å². The van der Waals surface area contributed by atoms with Crippen LogP contribution in [0.25, 0.3) is 10.9 Å². The molecule has 5 heteroatoms. The van der Waals surface area contributed by atoms with E-state index >= 15 is 0 Å². The Hall–Kier alpha value is -3.21. The Bertz CT molecular complexity index is 988. The maximum absolute atomic E-state index is 12.9. The summed E-state index contributed by atoms with van der Waals surface area (Å²) in [5.41, 5.74) is 2.29. The first-order valence-corrected chi connectivity index (χ1v) is 9.27. The van der Waals surface area contributed by atoms with Crippen molar-refractivity contribution in [1.29, 1.82) is 0 Å². The molecule has 1 aliphatic rings. The summed E-state index contributed by atoms with van der Waals surface area (Å²) in [5.74, 6) is -0.396. The van der Waals surface area contributed by atoms with E-state index in [1.165, 1.54) is 0 Å². The molecular weight excluding hydrogens is 338 g/mol. The lowest BCUT2D eigenvalue weighted by Gasteiger charge is -2.15. The molecule has 0 aliphatic heterocycles. The number of carbonyl (C=O) groups is 2. The highest BCUT2D eigenvalue weighted by Gasteiger charge is 2.20. The van der Waals surface area contributed by atoms with Gasteiger partial charge in [0.25, 0.3) is 11.8 Å². The van der Waals surface area contributed by atoms with Crippen molar-refractivity contribution in [3.63, 3.8) is 0 Å². The highest BCUT2D eigenvalue weighted by molar-refractivity contribution is 6.14. The van der Waals surface area contributed by atoms with Crippen LogP contribution in [0.1, 0.15) is 46.4 Å². The van der Waals surface area contributed by atoms with Crippen molar-refractivity contribution in [2.24, 2.45) is 0 Å². The molecule has 5 nitrogen and oxygen atoms in total. The number of benzene rings is 2. The minimum atomic E-state index is -0.255. The molecule has 1 aromatic heterocycles. The molecule has 1 aliphatic carbocycles. The number of carbonyl (C=O) groups excluding carboxylic acids is 2. The Balaban J connectivity index is 1.59. The monoisotopic (exact) mass is 359 g/mol. The van der Waals surface area contributed by atoms with Crippen LogP contribution in [0, 0.1) is 0 Å². The molecule has 0 radical (unpaired) electrons. The standard InChI is InChI=1S/C22H21N3O2/c26-21(17-10-5-13-19-16(17)11-6-14-23-19)25-20-12-4-3-9-18(20)22(27)24-15-7-1-2-8-15/h3-6,9-15H,1-2,7-8H2,(H,24,27)(H,25,26). The third-order valence-electron chi connectivity index (χ3n) is 5.00. The molecule has 1 fully saturated rings. The van der Waals surface area contributed by atoms with Gasteiger partial charge in [0.1, 0.15) is 0 Å². The lowest BCUT2D eigenvalue weighted by Crippen LogP contribution is -2.33. The minimum absolute atomic E-state index is 0.141. The van der Waals surface area contributed by atoms with E-state index in [0.717, 1.165) is 36.6 Å². The smallest absolute Gasteiger partial charge is 0.256 e. The lowest BCUT2D eigenvalue weighted by atomic mass is 10.1. The fourth-order valence-corrected chi connectivity index (χ4v) is 3.61. The summed E-state index contributed by atoms with van der Waals surface area (Å²) >= 11 is 0. The van der Waals surface area contributed by atoms with Gasteiger partial charge in [0.15, 0.2) is 0 Å². The maximum atomic E-state index is 12.9. The van der Waals surface area contributed by atoms with E-state index in [9.17, 15) is 9.59 Å². The number of hydrogen-bond acceptors (Lipinski definition) is 3. The van der Waals surface area contributed by atoms with Gasteiger partial charge in [0.2, 0.25) is 0 Å². The predicted octanol–water partition coefficient (Wildman–Crippen LogP) is 4.16. The van der Waals surface area contributed by atoms with Crippen molar-refractivity contribution in [1.82, 2.24) is 10.3 Å². The van der Waals surface area contributed by atoms with Gasteiger partial charge in [0, 0.05) is 23.2 Å². The summed E-state index contributed by atoms with van der Waals surface area (Å²) in [5, 5.41) is 6.76. The molecule has 3 aromatic rings. The Morgan fingerprint density at radius 3 is 2.48 bits per heavy atom. The maximum Gasteiger partial charge on any atom is 0.256 e. The van der Waals surface area contributed by atoms with Crippen molar-refractivity contribution in [2.45, 2.75) is 31.7 Å². The van der Waals surface area contributed by atoms with Gasteiger partial charge in [-0.2, -0.15) is 0 Å². The van der Waals surface area contributed by atoms with E-state index in [2.05, 4.69) is 15.6 Å². The lowest BCUT2D eigenvalue weighted by molar-refractivity contribution is 0.0939. The summed E-state index contributed by atoms with van der Waals surface area (Å²) in [4.78, 5) is 29.8. The number of amides is 2. The Morgan fingerprint density at radius 2 is 1.63 bits per heavy atom. The zero-order chi connectivity index (χ0) is 18.6. The van der Waals surface area contributed by atoms with Gasteiger partial charge in [0.05, 0.1) is 16.8 Å². The highest BCUT2D eigenvalue weighted by atomic mass is 16.2. The second-order valence-corrected chi connectivity index (χ2v) is 6.83. The molecule has 2 aromatic carbocycles. The van der Waals surface area contributed by atoms with Crippen LogP contribution in [0.3, 0.4) is 0 Å². The summed E-state index contributed by atoms with van der Waals surface area (Å²) in [6.45, 7) is 0. The number of nitrogens with one attached hydrogen (secondary N) is 2. The third kappa shape index (κ3) is 3.67. The zero-order valence-electron chi connectivity index (χ0n) is 14.9. The quantitative estimate of drug-likeness (QED) is 0.735. The number of rotatable bonds is 4. The fourth-order valence-electron chi connectivity index (χ4n) is 3.61. The Kier molecular flexibility index (Phi) is 4.83. The fraction of sp³-hybridized carbons (Fsp3) is 0.227. The Morgan fingerprint density at radius 1 is 0.852 bits per heavy atom. The summed E-state index contributed by atoms with van der Waals surface area (Å²) in [7, 11) is 0. The first kappa shape index (κ1) is 17.2. The number of pyridine rings is 1. The van der Waals surface area contributed by atoms with E-state index in [-0.39, 0.29) is 17.9 Å². The van der Waals surface area contributed by atoms with E-state index < -0.39 is 0 Å². The molecule has 1 saturated carbocycles. The van der Waals surface area contributed by atoms with Crippen molar-refractivity contribution >= 4 is 28.4 Å². The Labute approximate surface area is 157 Å².